The van der Waals surface area contributed by atoms with Gasteiger partial charge in [-0.3, -0.25) is 15.0 Å². The lowest BCUT2D eigenvalue weighted by Crippen LogP contribution is -2.46. The molecular formula is C25H31N5O4S. The van der Waals surface area contributed by atoms with Gasteiger partial charge >= 0.3 is 0 Å². The predicted molar refractivity (Wildman–Crippen MR) is 133 cm³/mol. The van der Waals surface area contributed by atoms with Crippen molar-refractivity contribution in [3.8, 4) is 5.75 Å². The topological polar surface area (TPSA) is 116 Å². The maximum absolute atomic E-state index is 11.8. The van der Waals surface area contributed by atoms with E-state index in [2.05, 4.69) is 15.2 Å². The Hall–Kier alpha value is -2.69. The molecule has 3 aromatic heterocycles. The lowest BCUT2D eigenvalue weighted by atomic mass is 9.91. The lowest BCUT2D eigenvalue weighted by Gasteiger charge is -2.38. The van der Waals surface area contributed by atoms with Crippen LogP contribution in [0, 0.1) is 0 Å². The lowest BCUT2D eigenvalue weighted by molar-refractivity contribution is -0.118. The number of rotatable bonds is 7. The zero-order valence-corrected chi connectivity index (χ0v) is 20.5. The fraction of sp³-hybridized carbons (Fsp3) is 0.560. The molecule has 1 aliphatic heterocycles. The molecule has 6 rings (SSSR count). The first-order valence-corrected chi connectivity index (χ1v) is 13.4. The van der Waals surface area contributed by atoms with Crippen molar-refractivity contribution >= 4 is 39.3 Å². The molecule has 2 aliphatic carbocycles. The van der Waals surface area contributed by atoms with Crippen LogP contribution in [0.2, 0.25) is 0 Å². The third kappa shape index (κ3) is 4.74. The number of nitrogens with two attached hydrogens (primary N) is 1. The molecule has 3 aliphatic rings. The number of thiophene rings is 1. The van der Waals surface area contributed by atoms with E-state index in [4.69, 9.17) is 24.6 Å². The van der Waals surface area contributed by atoms with Crippen LogP contribution < -0.4 is 15.8 Å². The highest BCUT2D eigenvalue weighted by Crippen LogP contribution is 2.49. The summed E-state index contributed by atoms with van der Waals surface area (Å²) in [7, 11) is 0. The minimum absolute atomic E-state index is 0.128. The number of hydrogen-bond donors (Lipinski definition) is 2. The van der Waals surface area contributed by atoms with Gasteiger partial charge in [0, 0.05) is 36.5 Å². The third-order valence-corrected chi connectivity index (χ3v) is 8.64. The summed E-state index contributed by atoms with van der Waals surface area (Å²) in [5, 5.41) is 4.20. The number of nitrogens with one attached hydrogen (secondary N) is 1. The van der Waals surface area contributed by atoms with E-state index in [-0.39, 0.29) is 17.9 Å². The van der Waals surface area contributed by atoms with Crippen LogP contribution in [0.3, 0.4) is 0 Å². The van der Waals surface area contributed by atoms with Crippen LogP contribution in [0.5, 0.6) is 5.75 Å². The molecule has 2 fully saturated rings. The number of hydrogen-bond acceptors (Lipinski definition) is 9. The summed E-state index contributed by atoms with van der Waals surface area (Å²) < 4.78 is 17.6. The first-order chi connectivity index (χ1) is 17.1. The van der Waals surface area contributed by atoms with Gasteiger partial charge in [-0.2, -0.15) is 0 Å². The molecule has 0 aromatic carbocycles. The van der Waals surface area contributed by atoms with Gasteiger partial charge in [-0.15, -0.1) is 11.3 Å². The average molecular weight is 498 g/mol. The highest BCUT2D eigenvalue weighted by atomic mass is 32.1. The summed E-state index contributed by atoms with van der Waals surface area (Å²) in [6.45, 7) is 3.72. The number of aromatic nitrogens is 2. The number of amides is 1. The van der Waals surface area contributed by atoms with Crippen molar-refractivity contribution < 1.29 is 18.7 Å². The molecule has 35 heavy (non-hydrogen) atoms. The Labute approximate surface area is 208 Å². The van der Waals surface area contributed by atoms with Crippen molar-refractivity contribution in [2.45, 2.75) is 63.0 Å². The van der Waals surface area contributed by atoms with Crippen molar-refractivity contribution in [1.29, 1.82) is 0 Å². The maximum Gasteiger partial charge on any atom is 0.300 e. The fourth-order valence-electron chi connectivity index (χ4n) is 5.85. The number of morpholine rings is 1. The molecule has 0 bridgehead atoms. The molecule has 0 spiro atoms. The molecule has 10 heteroatoms. The smallest absolute Gasteiger partial charge is 0.300 e. The molecule has 9 nitrogen and oxygen atoms in total. The average Bonchev–Trinajstić information content (AvgIpc) is 3.58. The molecular weight excluding hydrogens is 466 g/mol. The minimum Gasteiger partial charge on any atom is -0.490 e. The number of pyridine rings is 1. The zero-order valence-electron chi connectivity index (χ0n) is 19.7. The van der Waals surface area contributed by atoms with Crippen molar-refractivity contribution in [3.05, 3.63) is 29.0 Å². The van der Waals surface area contributed by atoms with Crippen LogP contribution in [0.25, 0.3) is 10.2 Å². The second-order valence-corrected chi connectivity index (χ2v) is 10.8. The SMILES string of the molecule is NC(=O)C[C@H]1CCc2sc3nc(Nc4ncco4)cc(OC4CCC(N5CCOCC5)CC4)c3c21. The fourth-order valence-corrected chi connectivity index (χ4v) is 7.14. The molecule has 1 atom stereocenters. The summed E-state index contributed by atoms with van der Waals surface area (Å²) in [5.41, 5.74) is 6.79. The summed E-state index contributed by atoms with van der Waals surface area (Å²) in [5.74, 6) is 1.33. The first kappa shape index (κ1) is 22.8. The van der Waals surface area contributed by atoms with Crippen LogP contribution >= 0.6 is 11.3 Å². The van der Waals surface area contributed by atoms with Gasteiger partial charge < -0.3 is 19.6 Å². The van der Waals surface area contributed by atoms with E-state index in [1.807, 2.05) is 6.07 Å². The number of anilines is 2. The molecule has 4 heterocycles. The van der Waals surface area contributed by atoms with E-state index in [1.165, 1.54) is 16.7 Å². The Morgan fingerprint density at radius 3 is 2.80 bits per heavy atom. The number of nitrogens with zero attached hydrogens (tertiary/aromatic N) is 3. The Bertz CT molecular complexity index is 1180. The summed E-state index contributed by atoms with van der Waals surface area (Å²) in [6.07, 6.45) is 9.83. The minimum atomic E-state index is -0.263. The standard InChI is InChI=1S/C25H31N5O4S/c26-20(31)13-15-1-6-19-22(15)23-18(14-21(28-24(23)35-19)29-25-27-7-10-33-25)34-17-4-2-16(3-5-17)30-8-11-32-12-9-30/h7,10,14-17H,1-6,8-9,11-13H2,(H2,26,31)(H,27,28,29)/t15-,16?,17?/m1/s1. The number of oxazole rings is 1. The van der Waals surface area contributed by atoms with Gasteiger partial charge in [0.25, 0.3) is 6.01 Å². The normalized spacial score (nSPS) is 25.0. The number of carbonyl (C=O) groups excluding carboxylic acids is 1. The Morgan fingerprint density at radius 2 is 2.06 bits per heavy atom. The third-order valence-electron chi connectivity index (χ3n) is 7.48. The number of primary amides is 1. The molecule has 0 radical (unpaired) electrons. The van der Waals surface area contributed by atoms with Crippen molar-refractivity contribution in [1.82, 2.24) is 14.9 Å². The Kier molecular flexibility index (Phi) is 6.34. The van der Waals surface area contributed by atoms with Gasteiger partial charge in [-0.1, -0.05) is 0 Å². The molecule has 1 amide bonds. The largest absolute Gasteiger partial charge is 0.490 e. The second kappa shape index (κ2) is 9.75. The first-order valence-electron chi connectivity index (χ1n) is 12.5. The zero-order chi connectivity index (χ0) is 23.8. The Balaban J connectivity index is 1.28. The van der Waals surface area contributed by atoms with Crippen LogP contribution in [0.15, 0.2) is 22.9 Å². The van der Waals surface area contributed by atoms with Crippen LogP contribution in [-0.2, 0) is 16.0 Å². The number of ether oxygens (including phenoxy) is 2. The van der Waals surface area contributed by atoms with Gasteiger partial charge in [0.05, 0.1) is 30.9 Å². The van der Waals surface area contributed by atoms with Gasteiger partial charge in [0.15, 0.2) is 0 Å². The van der Waals surface area contributed by atoms with E-state index in [0.717, 1.165) is 80.8 Å². The summed E-state index contributed by atoms with van der Waals surface area (Å²) >= 11 is 1.69. The van der Waals surface area contributed by atoms with Gasteiger partial charge in [-0.05, 0) is 50.0 Å². The predicted octanol–water partition coefficient (Wildman–Crippen LogP) is 3.96. The molecule has 3 aromatic rings. The molecule has 0 unspecified atom stereocenters. The van der Waals surface area contributed by atoms with Crippen LogP contribution in [0.4, 0.5) is 11.8 Å². The van der Waals surface area contributed by atoms with Gasteiger partial charge in [0.2, 0.25) is 5.91 Å². The van der Waals surface area contributed by atoms with E-state index >= 15 is 0 Å². The monoisotopic (exact) mass is 497 g/mol. The second-order valence-electron chi connectivity index (χ2n) is 9.69. The molecule has 186 valence electrons. The van der Waals surface area contributed by atoms with Gasteiger partial charge in [0.1, 0.15) is 22.7 Å². The van der Waals surface area contributed by atoms with Crippen LogP contribution in [0.1, 0.15) is 54.9 Å². The van der Waals surface area contributed by atoms with Crippen molar-refractivity contribution in [2.24, 2.45) is 5.73 Å². The molecule has 3 N–H and O–H groups in total. The summed E-state index contributed by atoms with van der Waals surface area (Å²) in [4.78, 5) is 25.5. The highest BCUT2D eigenvalue weighted by molar-refractivity contribution is 7.19. The number of carbonyl (C=O) groups is 1. The van der Waals surface area contributed by atoms with Crippen LogP contribution in [-0.4, -0.2) is 59.2 Å². The number of fused-ring (bicyclic) bond motifs is 3. The molecule has 1 saturated carbocycles. The Morgan fingerprint density at radius 1 is 1.23 bits per heavy atom. The highest BCUT2D eigenvalue weighted by Gasteiger charge is 2.33. The molecule has 1 saturated heterocycles. The van der Waals surface area contributed by atoms with E-state index < -0.39 is 0 Å². The quantitative estimate of drug-likeness (QED) is 0.504. The van der Waals surface area contributed by atoms with E-state index in [0.29, 0.717) is 24.3 Å². The van der Waals surface area contributed by atoms with E-state index in [9.17, 15) is 4.79 Å². The van der Waals surface area contributed by atoms with Gasteiger partial charge in [-0.25, -0.2) is 9.97 Å². The van der Waals surface area contributed by atoms with Crippen molar-refractivity contribution in [3.63, 3.8) is 0 Å². The summed E-state index contributed by atoms with van der Waals surface area (Å²) in [6, 6.07) is 2.96. The number of aryl methyl sites for hydroxylation is 1. The maximum atomic E-state index is 11.8. The van der Waals surface area contributed by atoms with E-state index in [1.54, 1.807) is 17.5 Å². The van der Waals surface area contributed by atoms with Crippen molar-refractivity contribution in [2.75, 3.05) is 31.6 Å².